The third-order valence-electron chi connectivity index (χ3n) is 4.17. The van der Waals surface area contributed by atoms with Gasteiger partial charge in [0.25, 0.3) is 0 Å². The zero-order valence-electron chi connectivity index (χ0n) is 12.0. The first-order valence-corrected chi connectivity index (χ1v) is 7.46. The SMILES string of the molecule is Cc1nncn1CCN1CCCCCC1c1ccco1. The number of hydrogen-bond acceptors (Lipinski definition) is 4. The van der Waals surface area contributed by atoms with Crippen LogP contribution in [0.3, 0.4) is 0 Å². The van der Waals surface area contributed by atoms with Crippen molar-refractivity contribution < 1.29 is 4.42 Å². The molecule has 1 saturated heterocycles. The Morgan fingerprint density at radius 2 is 2.25 bits per heavy atom. The van der Waals surface area contributed by atoms with Gasteiger partial charge in [-0.3, -0.25) is 4.90 Å². The zero-order chi connectivity index (χ0) is 13.8. The van der Waals surface area contributed by atoms with Crippen LogP contribution in [0.1, 0.15) is 43.3 Å². The highest BCUT2D eigenvalue weighted by atomic mass is 16.3. The molecule has 0 saturated carbocycles. The summed E-state index contributed by atoms with van der Waals surface area (Å²) in [7, 11) is 0. The van der Waals surface area contributed by atoms with Crippen LogP contribution < -0.4 is 0 Å². The maximum absolute atomic E-state index is 5.65. The van der Waals surface area contributed by atoms with Gasteiger partial charge in [0.1, 0.15) is 17.9 Å². The van der Waals surface area contributed by atoms with Crippen LogP contribution in [0.5, 0.6) is 0 Å². The van der Waals surface area contributed by atoms with E-state index in [9.17, 15) is 0 Å². The standard InChI is InChI=1S/C15H22N4O/c1-13-17-16-12-19(13)10-9-18-8-4-2-3-6-14(18)15-7-5-11-20-15/h5,7,11-12,14H,2-4,6,8-10H2,1H3. The smallest absolute Gasteiger partial charge is 0.129 e. The van der Waals surface area contributed by atoms with E-state index in [4.69, 9.17) is 4.42 Å². The first-order valence-electron chi connectivity index (χ1n) is 7.46. The predicted octanol–water partition coefficient (Wildman–Crippen LogP) is 2.80. The second-order valence-electron chi connectivity index (χ2n) is 5.49. The molecule has 0 amide bonds. The summed E-state index contributed by atoms with van der Waals surface area (Å²) in [6.07, 6.45) is 8.66. The van der Waals surface area contributed by atoms with E-state index in [0.29, 0.717) is 6.04 Å². The van der Waals surface area contributed by atoms with Gasteiger partial charge in [-0.2, -0.15) is 0 Å². The molecule has 0 N–H and O–H groups in total. The highest BCUT2D eigenvalue weighted by Gasteiger charge is 2.24. The molecule has 1 unspecified atom stereocenters. The molecule has 2 aromatic rings. The van der Waals surface area contributed by atoms with Gasteiger partial charge in [-0.05, 0) is 38.4 Å². The van der Waals surface area contributed by atoms with Crippen LogP contribution in [0.4, 0.5) is 0 Å². The minimum absolute atomic E-state index is 0.421. The number of hydrogen-bond donors (Lipinski definition) is 0. The monoisotopic (exact) mass is 274 g/mol. The number of likely N-dealkylation sites (tertiary alicyclic amines) is 1. The van der Waals surface area contributed by atoms with E-state index in [2.05, 4.69) is 25.7 Å². The molecule has 5 heteroatoms. The lowest BCUT2D eigenvalue weighted by Gasteiger charge is -2.28. The molecule has 2 aromatic heterocycles. The lowest BCUT2D eigenvalue weighted by atomic mass is 10.1. The van der Waals surface area contributed by atoms with Crippen LogP contribution >= 0.6 is 0 Å². The molecular formula is C15H22N4O. The molecule has 0 aliphatic carbocycles. The third-order valence-corrected chi connectivity index (χ3v) is 4.17. The molecule has 1 atom stereocenters. The first-order chi connectivity index (χ1) is 9.84. The molecule has 5 nitrogen and oxygen atoms in total. The molecule has 0 radical (unpaired) electrons. The summed E-state index contributed by atoms with van der Waals surface area (Å²) in [5.74, 6) is 2.08. The van der Waals surface area contributed by atoms with Gasteiger partial charge >= 0.3 is 0 Å². The molecule has 0 spiro atoms. The van der Waals surface area contributed by atoms with E-state index in [1.165, 1.54) is 25.7 Å². The minimum atomic E-state index is 0.421. The highest BCUT2D eigenvalue weighted by Crippen LogP contribution is 2.30. The summed E-state index contributed by atoms with van der Waals surface area (Å²) in [4.78, 5) is 2.55. The molecule has 108 valence electrons. The van der Waals surface area contributed by atoms with Gasteiger partial charge in [-0.25, -0.2) is 0 Å². The summed E-state index contributed by atoms with van der Waals surface area (Å²) in [5, 5.41) is 7.99. The lowest BCUT2D eigenvalue weighted by Crippen LogP contribution is -2.31. The normalized spacial score (nSPS) is 20.9. The van der Waals surface area contributed by atoms with Gasteiger partial charge in [0, 0.05) is 13.1 Å². The summed E-state index contributed by atoms with van der Waals surface area (Å²) >= 11 is 0. The summed E-state index contributed by atoms with van der Waals surface area (Å²) in [6.45, 7) is 5.10. The Bertz CT molecular complexity index is 520. The highest BCUT2D eigenvalue weighted by molar-refractivity contribution is 5.05. The molecule has 0 bridgehead atoms. The fourth-order valence-electron chi connectivity index (χ4n) is 3.01. The third kappa shape index (κ3) is 2.93. The average Bonchev–Trinajstić information content (AvgIpc) is 3.05. The van der Waals surface area contributed by atoms with E-state index in [0.717, 1.165) is 31.2 Å². The number of aryl methyl sites for hydroxylation is 1. The Hall–Kier alpha value is -1.62. The molecule has 1 aliphatic heterocycles. The van der Waals surface area contributed by atoms with Gasteiger partial charge in [0.2, 0.25) is 0 Å². The minimum Gasteiger partial charge on any atom is -0.468 e. The van der Waals surface area contributed by atoms with Crippen molar-refractivity contribution >= 4 is 0 Å². The number of rotatable bonds is 4. The maximum Gasteiger partial charge on any atom is 0.129 e. The molecule has 20 heavy (non-hydrogen) atoms. The zero-order valence-corrected chi connectivity index (χ0v) is 12.0. The topological polar surface area (TPSA) is 47.1 Å². The first kappa shape index (κ1) is 13.4. The van der Waals surface area contributed by atoms with E-state index in [-0.39, 0.29) is 0 Å². The van der Waals surface area contributed by atoms with Crippen molar-refractivity contribution in [3.63, 3.8) is 0 Å². The summed E-state index contributed by atoms with van der Waals surface area (Å²) in [6, 6.07) is 4.51. The van der Waals surface area contributed by atoms with Crippen molar-refractivity contribution in [3.05, 3.63) is 36.3 Å². The van der Waals surface area contributed by atoms with E-state index in [1.807, 2.05) is 19.3 Å². The van der Waals surface area contributed by atoms with Crippen LogP contribution in [0, 0.1) is 6.92 Å². The van der Waals surface area contributed by atoms with Crippen LogP contribution in [0.2, 0.25) is 0 Å². The predicted molar refractivity (Wildman–Crippen MR) is 76.2 cm³/mol. The van der Waals surface area contributed by atoms with Crippen molar-refractivity contribution in [2.24, 2.45) is 0 Å². The van der Waals surface area contributed by atoms with Crippen molar-refractivity contribution in [2.75, 3.05) is 13.1 Å². The molecule has 1 fully saturated rings. The van der Waals surface area contributed by atoms with Gasteiger partial charge in [-0.1, -0.05) is 12.8 Å². The lowest BCUT2D eigenvalue weighted by molar-refractivity contribution is 0.171. The van der Waals surface area contributed by atoms with E-state index < -0.39 is 0 Å². The van der Waals surface area contributed by atoms with Gasteiger partial charge in [0.15, 0.2) is 0 Å². The van der Waals surface area contributed by atoms with Crippen molar-refractivity contribution in [2.45, 2.75) is 45.2 Å². The molecule has 3 rings (SSSR count). The Morgan fingerprint density at radius 3 is 3.00 bits per heavy atom. The Morgan fingerprint density at radius 1 is 1.30 bits per heavy atom. The number of furan rings is 1. The van der Waals surface area contributed by atoms with E-state index >= 15 is 0 Å². The largest absolute Gasteiger partial charge is 0.468 e. The number of aromatic nitrogens is 3. The van der Waals surface area contributed by atoms with Gasteiger partial charge in [0.05, 0.1) is 12.3 Å². The Kier molecular flexibility index (Phi) is 4.16. The average molecular weight is 274 g/mol. The van der Waals surface area contributed by atoms with Crippen molar-refractivity contribution in [1.82, 2.24) is 19.7 Å². The van der Waals surface area contributed by atoms with Gasteiger partial charge in [-0.15, -0.1) is 10.2 Å². The van der Waals surface area contributed by atoms with Crippen LogP contribution in [-0.4, -0.2) is 32.8 Å². The molecular weight excluding hydrogens is 252 g/mol. The second kappa shape index (κ2) is 6.22. The fourth-order valence-corrected chi connectivity index (χ4v) is 3.01. The van der Waals surface area contributed by atoms with Crippen molar-refractivity contribution in [1.29, 1.82) is 0 Å². The van der Waals surface area contributed by atoms with Crippen LogP contribution in [0.15, 0.2) is 29.1 Å². The summed E-state index contributed by atoms with van der Waals surface area (Å²) in [5.41, 5.74) is 0. The number of nitrogens with zero attached hydrogens (tertiary/aromatic N) is 4. The van der Waals surface area contributed by atoms with Crippen LogP contribution in [0.25, 0.3) is 0 Å². The van der Waals surface area contributed by atoms with Gasteiger partial charge < -0.3 is 8.98 Å². The van der Waals surface area contributed by atoms with Crippen molar-refractivity contribution in [3.8, 4) is 0 Å². The molecule has 1 aliphatic rings. The Labute approximate surface area is 119 Å². The maximum atomic E-state index is 5.65. The summed E-state index contributed by atoms with van der Waals surface area (Å²) < 4.78 is 7.76. The second-order valence-corrected chi connectivity index (χ2v) is 5.49. The van der Waals surface area contributed by atoms with E-state index in [1.54, 1.807) is 6.26 Å². The quantitative estimate of drug-likeness (QED) is 0.860. The molecule has 0 aromatic carbocycles. The Balaban J connectivity index is 1.69. The molecule has 3 heterocycles. The van der Waals surface area contributed by atoms with Crippen LogP contribution in [-0.2, 0) is 6.54 Å². The fraction of sp³-hybridized carbons (Fsp3) is 0.600.